The van der Waals surface area contributed by atoms with Gasteiger partial charge in [0, 0.05) is 5.56 Å². The molecule has 0 spiro atoms. The zero-order chi connectivity index (χ0) is 11.6. The molecule has 0 aliphatic heterocycles. The SMILES string of the molecule is NS(=O)(=O)Cc1cn[nH]c1-c1ccccc1. The second kappa shape index (κ2) is 4.07. The monoisotopic (exact) mass is 237 g/mol. The molecule has 84 valence electrons. The molecule has 0 aliphatic carbocycles. The minimum atomic E-state index is -3.54. The molecule has 1 aromatic heterocycles. The van der Waals surface area contributed by atoms with Crippen LogP contribution in [0, 0.1) is 0 Å². The average molecular weight is 237 g/mol. The number of nitrogens with two attached hydrogens (primary N) is 1. The topological polar surface area (TPSA) is 88.8 Å². The Hall–Kier alpha value is -1.66. The quantitative estimate of drug-likeness (QED) is 0.829. The van der Waals surface area contributed by atoms with E-state index >= 15 is 0 Å². The highest BCUT2D eigenvalue weighted by molar-refractivity contribution is 7.88. The lowest BCUT2D eigenvalue weighted by Crippen LogP contribution is -2.14. The molecular formula is C10H11N3O2S. The van der Waals surface area contributed by atoms with Crippen LogP contribution in [0.25, 0.3) is 11.3 Å². The minimum Gasteiger partial charge on any atom is -0.278 e. The first kappa shape index (κ1) is 10.8. The highest BCUT2D eigenvalue weighted by Gasteiger charge is 2.12. The number of hydrogen-bond donors (Lipinski definition) is 2. The zero-order valence-corrected chi connectivity index (χ0v) is 9.24. The van der Waals surface area contributed by atoms with Crippen molar-refractivity contribution in [1.82, 2.24) is 10.2 Å². The van der Waals surface area contributed by atoms with Gasteiger partial charge in [0.05, 0.1) is 17.6 Å². The summed E-state index contributed by atoms with van der Waals surface area (Å²) in [6, 6.07) is 9.38. The highest BCUT2D eigenvalue weighted by Crippen LogP contribution is 2.21. The summed E-state index contributed by atoms with van der Waals surface area (Å²) in [6.07, 6.45) is 1.48. The van der Waals surface area contributed by atoms with Gasteiger partial charge >= 0.3 is 0 Å². The predicted molar refractivity (Wildman–Crippen MR) is 60.8 cm³/mol. The second-order valence-corrected chi connectivity index (χ2v) is 5.06. The summed E-state index contributed by atoms with van der Waals surface area (Å²) in [7, 11) is -3.54. The molecule has 2 aromatic rings. The van der Waals surface area contributed by atoms with Gasteiger partial charge in [-0.3, -0.25) is 5.10 Å². The van der Waals surface area contributed by atoms with Gasteiger partial charge in [0.2, 0.25) is 10.0 Å². The molecule has 5 nitrogen and oxygen atoms in total. The Kier molecular flexibility index (Phi) is 2.76. The largest absolute Gasteiger partial charge is 0.278 e. The number of nitrogens with zero attached hydrogens (tertiary/aromatic N) is 1. The number of benzene rings is 1. The maximum atomic E-state index is 11.0. The van der Waals surface area contributed by atoms with Crippen LogP contribution in [0.4, 0.5) is 0 Å². The van der Waals surface area contributed by atoms with Crippen LogP contribution >= 0.6 is 0 Å². The molecule has 3 N–H and O–H groups in total. The Labute approximate surface area is 93.4 Å². The summed E-state index contributed by atoms with van der Waals surface area (Å²) in [5.74, 6) is -0.215. The highest BCUT2D eigenvalue weighted by atomic mass is 32.2. The number of aromatic nitrogens is 2. The number of H-pyrrole nitrogens is 1. The number of aromatic amines is 1. The summed E-state index contributed by atoms with van der Waals surface area (Å²) in [5.41, 5.74) is 2.15. The predicted octanol–water partition coefficient (Wildman–Crippen LogP) is 0.865. The van der Waals surface area contributed by atoms with E-state index in [1.54, 1.807) is 0 Å². The van der Waals surface area contributed by atoms with Crippen molar-refractivity contribution >= 4 is 10.0 Å². The third-order valence-electron chi connectivity index (χ3n) is 2.14. The molecule has 1 aromatic carbocycles. The van der Waals surface area contributed by atoms with Crippen LogP contribution in [0.2, 0.25) is 0 Å². The van der Waals surface area contributed by atoms with Crippen molar-refractivity contribution in [3.05, 3.63) is 42.1 Å². The van der Waals surface area contributed by atoms with Gasteiger partial charge in [0.25, 0.3) is 0 Å². The fourth-order valence-corrected chi connectivity index (χ4v) is 2.14. The van der Waals surface area contributed by atoms with Crippen LogP contribution in [0.1, 0.15) is 5.56 Å². The third-order valence-corrected chi connectivity index (χ3v) is 2.85. The number of rotatable bonds is 3. The van der Waals surface area contributed by atoms with Crippen molar-refractivity contribution in [3.8, 4) is 11.3 Å². The summed E-state index contributed by atoms with van der Waals surface area (Å²) >= 11 is 0. The van der Waals surface area contributed by atoms with Gasteiger partial charge in [-0.05, 0) is 5.56 Å². The molecule has 0 atom stereocenters. The molecule has 6 heteroatoms. The standard InChI is InChI=1S/C10H11N3O2S/c11-16(14,15)7-9-6-12-13-10(9)8-4-2-1-3-5-8/h1-6H,7H2,(H,12,13)(H2,11,14,15). The summed E-state index contributed by atoms with van der Waals surface area (Å²) in [5, 5.41) is 11.6. The Morgan fingerprint density at radius 1 is 1.25 bits per heavy atom. The number of nitrogens with one attached hydrogen (secondary N) is 1. The van der Waals surface area contributed by atoms with E-state index in [-0.39, 0.29) is 5.75 Å². The minimum absolute atomic E-state index is 0.215. The third kappa shape index (κ3) is 2.47. The molecule has 0 bridgehead atoms. The van der Waals surface area contributed by atoms with E-state index in [9.17, 15) is 8.42 Å². The Bertz CT molecular complexity index is 575. The first-order chi connectivity index (χ1) is 7.56. The maximum absolute atomic E-state index is 11.0. The van der Waals surface area contributed by atoms with Crippen molar-refractivity contribution in [2.75, 3.05) is 0 Å². The van der Waals surface area contributed by atoms with Crippen molar-refractivity contribution in [1.29, 1.82) is 0 Å². The zero-order valence-electron chi connectivity index (χ0n) is 8.42. The van der Waals surface area contributed by atoms with Crippen LogP contribution in [0.5, 0.6) is 0 Å². The van der Waals surface area contributed by atoms with Crippen LogP contribution in [-0.4, -0.2) is 18.6 Å². The molecule has 16 heavy (non-hydrogen) atoms. The average Bonchev–Trinajstić information content (AvgIpc) is 2.64. The van der Waals surface area contributed by atoms with Crippen LogP contribution in [-0.2, 0) is 15.8 Å². The van der Waals surface area contributed by atoms with E-state index in [2.05, 4.69) is 10.2 Å². The lowest BCUT2D eigenvalue weighted by atomic mass is 10.1. The molecule has 0 amide bonds. The molecular weight excluding hydrogens is 226 g/mol. The molecule has 0 radical (unpaired) electrons. The second-order valence-electron chi connectivity index (χ2n) is 3.44. The fourth-order valence-electron chi connectivity index (χ4n) is 1.49. The lowest BCUT2D eigenvalue weighted by molar-refractivity contribution is 0.597. The number of primary sulfonamides is 1. The molecule has 0 aliphatic rings. The molecule has 0 saturated heterocycles. The summed E-state index contributed by atoms with van der Waals surface area (Å²) in [4.78, 5) is 0. The lowest BCUT2D eigenvalue weighted by Gasteiger charge is -2.01. The van der Waals surface area contributed by atoms with Gasteiger partial charge in [-0.25, -0.2) is 13.6 Å². The Balaban J connectivity index is 2.41. The van der Waals surface area contributed by atoms with Crippen LogP contribution in [0.15, 0.2) is 36.5 Å². The van der Waals surface area contributed by atoms with Gasteiger partial charge in [-0.2, -0.15) is 5.10 Å². The van der Waals surface area contributed by atoms with Crippen molar-refractivity contribution in [2.45, 2.75) is 5.75 Å². The van der Waals surface area contributed by atoms with Crippen molar-refractivity contribution < 1.29 is 8.42 Å². The summed E-state index contributed by atoms with van der Waals surface area (Å²) < 4.78 is 22.0. The van der Waals surface area contributed by atoms with Crippen molar-refractivity contribution in [2.24, 2.45) is 5.14 Å². The van der Waals surface area contributed by atoms with Gasteiger partial charge in [-0.15, -0.1) is 0 Å². The van der Waals surface area contributed by atoms with Gasteiger partial charge in [0.15, 0.2) is 0 Å². The fraction of sp³-hybridized carbons (Fsp3) is 0.100. The normalized spacial score (nSPS) is 11.6. The van der Waals surface area contributed by atoms with Crippen molar-refractivity contribution in [3.63, 3.8) is 0 Å². The molecule has 0 unspecified atom stereocenters. The van der Waals surface area contributed by atoms with Crippen LogP contribution in [0.3, 0.4) is 0 Å². The van der Waals surface area contributed by atoms with E-state index < -0.39 is 10.0 Å². The van der Waals surface area contributed by atoms with E-state index in [0.717, 1.165) is 5.56 Å². The van der Waals surface area contributed by atoms with E-state index in [1.165, 1.54) is 6.20 Å². The first-order valence-electron chi connectivity index (χ1n) is 4.64. The van der Waals surface area contributed by atoms with Gasteiger partial charge < -0.3 is 0 Å². The number of sulfonamides is 1. The molecule has 0 saturated carbocycles. The van der Waals surface area contributed by atoms with E-state index in [4.69, 9.17) is 5.14 Å². The van der Waals surface area contributed by atoms with Crippen LogP contribution < -0.4 is 5.14 Å². The smallest absolute Gasteiger partial charge is 0.213 e. The van der Waals surface area contributed by atoms with E-state index in [0.29, 0.717) is 11.3 Å². The summed E-state index contributed by atoms with van der Waals surface area (Å²) in [6.45, 7) is 0. The van der Waals surface area contributed by atoms with Gasteiger partial charge in [-0.1, -0.05) is 30.3 Å². The molecule has 0 fully saturated rings. The van der Waals surface area contributed by atoms with E-state index in [1.807, 2.05) is 30.3 Å². The van der Waals surface area contributed by atoms with Gasteiger partial charge in [0.1, 0.15) is 0 Å². The number of hydrogen-bond acceptors (Lipinski definition) is 3. The first-order valence-corrected chi connectivity index (χ1v) is 6.36. The molecule has 2 rings (SSSR count). The maximum Gasteiger partial charge on any atom is 0.213 e. The Morgan fingerprint density at radius 2 is 1.94 bits per heavy atom. The molecule has 1 heterocycles. The Morgan fingerprint density at radius 3 is 2.56 bits per heavy atom.